The Hall–Kier alpha value is -0.580. The van der Waals surface area contributed by atoms with Gasteiger partial charge in [-0.1, -0.05) is 15.9 Å². The molecule has 1 aliphatic rings. The van der Waals surface area contributed by atoms with Crippen LogP contribution in [0.3, 0.4) is 0 Å². The number of benzene rings is 1. The van der Waals surface area contributed by atoms with E-state index in [1.165, 1.54) is 44.7 Å². The molecule has 1 saturated heterocycles. The molecule has 0 bridgehead atoms. The molecule has 0 saturated carbocycles. The van der Waals surface area contributed by atoms with Gasteiger partial charge in [0.05, 0.1) is 7.11 Å². The highest BCUT2D eigenvalue weighted by Crippen LogP contribution is 2.22. The molecule has 19 heavy (non-hydrogen) atoms. The molecule has 0 N–H and O–H groups in total. The van der Waals surface area contributed by atoms with Gasteiger partial charge in [0.15, 0.2) is 0 Å². The van der Waals surface area contributed by atoms with E-state index in [-0.39, 0.29) is 0 Å². The van der Waals surface area contributed by atoms with Crippen LogP contribution in [0.4, 0.5) is 0 Å². The summed E-state index contributed by atoms with van der Waals surface area (Å²) in [5.74, 6) is 0.934. The van der Waals surface area contributed by atoms with E-state index in [4.69, 9.17) is 4.74 Å². The number of hydrogen-bond donors (Lipinski definition) is 0. The SMILES string of the molecule is COc1cc(Br)cc(CCCN2CCN(C)CC2)c1. The average Bonchev–Trinajstić information content (AvgIpc) is 2.40. The molecule has 3 nitrogen and oxygen atoms in total. The van der Waals surface area contributed by atoms with Crippen LogP contribution in [0.15, 0.2) is 22.7 Å². The minimum Gasteiger partial charge on any atom is -0.497 e. The van der Waals surface area contributed by atoms with E-state index in [1.807, 2.05) is 6.07 Å². The monoisotopic (exact) mass is 326 g/mol. The van der Waals surface area contributed by atoms with E-state index in [0.717, 1.165) is 16.6 Å². The average molecular weight is 327 g/mol. The highest BCUT2D eigenvalue weighted by molar-refractivity contribution is 9.10. The molecular weight excluding hydrogens is 304 g/mol. The van der Waals surface area contributed by atoms with Crippen molar-refractivity contribution in [3.8, 4) is 5.75 Å². The fourth-order valence-corrected chi connectivity index (χ4v) is 2.98. The number of rotatable bonds is 5. The van der Waals surface area contributed by atoms with Crippen molar-refractivity contribution in [1.82, 2.24) is 9.80 Å². The summed E-state index contributed by atoms with van der Waals surface area (Å²) < 4.78 is 6.40. The maximum absolute atomic E-state index is 5.30. The number of methoxy groups -OCH3 is 1. The number of nitrogens with zero attached hydrogens (tertiary/aromatic N) is 2. The Morgan fingerprint density at radius 3 is 2.58 bits per heavy atom. The van der Waals surface area contributed by atoms with Crippen LogP contribution >= 0.6 is 15.9 Å². The summed E-state index contributed by atoms with van der Waals surface area (Å²) in [6.07, 6.45) is 2.32. The van der Waals surface area contributed by atoms with Gasteiger partial charge in [0, 0.05) is 30.7 Å². The van der Waals surface area contributed by atoms with E-state index >= 15 is 0 Å². The maximum atomic E-state index is 5.30. The summed E-state index contributed by atoms with van der Waals surface area (Å²) in [6.45, 7) is 6.01. The second kappa shape index (κ2) is 7.27. The van der Waals surface area contributed by atoms with Gasteiger partial charge in [0.25, 0.3) is 0 Å². The Balaban J connectivity index is 1.77. The summed E-state index contributed by atoms with van der Waals surface area (Å²) >= 11 is 3.53. The second-order valence-corrected chi connectivity index (χ2v) is 6.16. The lowest BCUT2D eigenvalue weighted by atomic mass is 10.1. The fourth-order valence-electron chi connectivity index (χ4n) is 2.46. The van der Waals surface area contributed by atoms with E-state index in [2.05, 4.69) is 44.9 Å². The lowest BCUT2D eigenvalue weighted by Gasteiger charge is -2.32. The normalized spacial score (nSPS) is 17.6. The molecule has 0 unspecified atom stereocenters. The first kappa shape index (κ1) is 14.8. The largest absolute Gasteiger partial charge is 0.497 e. The molecule has 0 aromatic heterocycles. The number of piperazine rings is 1. The molecule has 1 heterocycles. The van der Waals surface area contributed by atoms with Gasteiger partial charge in [0.2, 0.25) is 0 Å². The number of ether oxygens (including phenoxy) is 1. The van der Waals surface area contributed by atoms with Gasteiger partial charge >= 0.3 is 0 Å². The minimum atomic E-state index is 0.934. The van der Waals surface area contributed by atoms with Gasteiger partial charge in [-0.05, 0) is 50.2 Å². The zero-order chi connectivity index (χ0) is 13.7. The molecule has 0 atom stereocenters. The van der Waals surface area contributed by atoms with Gasteiger partial charge in [-0.3, -0.25) is 0 Å². The lowest BCUT2D eigenvalue weighted by Crippen LogP contribution is -2.44. The van der Waals surface area contributed by atoms with Crippen LogP contribution < -0.4 is 4.74 Å². The number of aryl methyl sites for hydroxylation is 1. The minimum absolute atomic E-state index is 0.934. The lowest BCUT2D eigenvalue weighted by molar-refractivity contribution is 0.153. The molecule has 106 valence electrons. The van der Waals surface area contributed by atoms with Crippen molar-refractivity contribution in [3.63, 3.8) is 0 Å². The molecule has 1 fully saturated rings. The third-order valence-corrected chi connectivity index (χ3v) is 4.16. The van der Waals surface area contributed by atoms with Gasteiger partial charge in [-0.2, -0.15) is 0 Å². The van der Waals surface area contributed by atoms with Crippen LogP contribution in [0.25, 0.3) is 0 Å². The van der Waals surface area contributed by atoms with E-state index in [1.54, 1.807) is 7.11 Å². The number of hydrogen-bond acceptors (Lipinski definition) is 3. The van der Waals surface area contributed by atoms with Crippen molar-refractivity contribution in [1.29, 1.82) is 0 Å². The smallest absolute Gasteiger partial charge is 0.120 e. The van der Waals surface area contributed by atoms with Crippen molar-refractivity contribution < 1.29 is 4.74 Å². The van der Waals surface area contributed by atoms with Crippen molar-refractivity contribution in [2.24, 2.45) is 0 Å². The van der Waals surface area contributed by atoms with E-state index in [9.17, 15) is 0 Å². The molecule has 1 aliphatic heterocycles. The molecule has 0 radical (unpaired) electrons. The highest BCUT2D eigenvalue weighted by Gasteiger charge is 2.12. The number of likely N-dealkylation sites (N-methyl/N-ethyl adjacent to an activating group) is 1. The van der Waals surface area contributed by atoms with E-state index in [0.29, 0.717) is 0 Å². The standard InChI is InChI=1S/C15H23BrN2O/c1-17-6-8-18(9-7-17)5-3-4-13-10-14(16)12-15(11-13)19-2/h10-12H,3-9H2,1-2H3. The molecule has 0 spiro atoms. The van der Waals surface area contributed by atoms with Crippen LogP contribution in [0.5, 0.6) is 5.75 Å². The van der Waals surface area contributed by atoms with Gasteiger partial charge < -0.3 is 14.5 Å². The maximum Gasteiger partial charge on any atom is 0.120 e. The van der Waals surface area contributed by atoms with Crippen molar-refractivity contribution in [3.05, 3.63) is 28.2 Å². The van der Waals surface area contributed by atoms with Crippen LogP contribution in [0.1, 0.15) is 12.0 Å². The third kappa shape index (κ3) is 4.79. The predicted octanol–water partition coefficient (Wildman–Crippen LogP) is 2.64. The van der Waals surface area contributed by atoms with Gasteiger partial charge in [-0.15, -0.1) is 0 Å². The molecular formula is C15H23BrN2O. The molecule has 1 aromatic carbocycles. The molecule has 0 amide bonds. The topological polar surface area (TPSA) is 15.7 Å². The third-order valence-electron chi connectivity index (χ3n) is 3.70. The van der Waals surface area contributed by atoms with Crippen molar-refractivity contribution in [2.45, 2.75) is 12.8 Å². The molecule has 1 aromatic rings. The summed E-state index contributed by atoms with van der Waals surface area (Å²) in [4.78, 5) is 4.96. The number of halogens is 1. The second-order valence-electron chi connectivity index (χ2n) is 5.25. The van der Waals surface area contributed by atoms with Crippen LogP contribution in [0.2, 0.25) is 0 Å². The van der Waals surface area contributed by atoms with Crippen molar-refractivity contribution in [2.75, 3.05) is 46.9 Å². The van der Waals surface area contributed by atoms with Gasteiger partial charge in [0.1, 0.15) is 5.75 Å². The van der Waals surface area contributed by atoms with Crippen LogP contribution in [-0.4, -0.2) is 56.7 Å². The van der Waals surface area contributed by atoms with Crippen LogP contribution in [-0.2, 0) is 6.42 Å². The first-order valence-corrected chi connectivity index (χ1v) is 7.71. The summed E-state index contributed by atoms with van der Waals surface area (Å²) in [6, 6.07) is 6.32. The summed E-state index contributed by atoms with van der Waals surface area (Å²) in [5, 5.41) is 0. The first-order chi connectivity index (χ1) is 9.17. The summed E-state index contributed by atoms with van der Waals surface area (Å²) in [5.41, 5.74) is 1.35. The highest BCUT2D eigenvalue weighted by atomic mass is 79.9. The summed E-state index contributed by atoms with van der Waals surface area (Å²) in [7, 11) is 3.92. The molecule has 4 heteroatoms. The Kier molecular flexibility index (Phi) is 5.67. The molecule has 0 aliphatic carbocycles. The Morgan fingerprint density at radius 1 is 1.16 bits per heavy atom. The quantitative estimate of drug-likeness (QED) is 0.827. The Morgan fingerprint density at radius 2 is 1.89 bits per heavy atom. The van der Waals surface area contributed by atoms with Gasteiger partial charge in [-0.25, -0.2) is 0 Å². The Bertz CT molecular complexity index is 403. The zero-order valence-electron chi connectivity index (χ0n) is 11.9. The van der Waals surface area contributed by atoms with Crippen molar-refractivity contribution >= 4 is 15.9 Å². The predicted molar refractivity (Wildman–Crippen MR) is 83.0 cm³/mol. The van der Waals surface area contributed by atoms with E-state index < -0.39 is 0 Å². The Labute approximate surface area is 124 Å². The molecule has 2 rings (SSSR count). The first-order valence-electron chi connectivity index (χ1n) is 6.92. The fraction of sp³-hybridized carbons (Fsp3) is 0.600. The zero-order valence-corrected chi connectivity index (χ0v) is 13.4. The van der Waals surface area contributed by atoms with Crippen LogP contribution in [0, 0.1) is 0 Å².